The first-order chi connectivity index (χ1) is 4.56. The van der Waals surface area contributed by atoms with Gasteiger partial charge in [0.25, 0.3) is 0 Å². The molecule has 7 heteroatoms. The van der Waals surface area contributed by atoms with Crippen molar-refractivity contribution < 1.29 is 28.7 Å². The van der Waals surface area contributed by atoms with E-state index in [9.17, 15) is 4.79 Å². The molecule has 0 aromatic rings. The fraction of sp³-hybridized carbons (Fsp3) is 0.667. The molecule has 0 saturated carbocycles. The third-order valence-electron chi connectivity index (χ3n) is 0.565. The number of hydrogen-bond acceptors (Lipinski definition) is 6. The van der Waals surface area contributed by atoms with Gasteiger partial charge in [0.15, 0.2) is 0 Å². The van der Waals surface area contributed by atoms with Crippen LogP contribution in [0.4, 0.5) is 0 Å². The second kappa shape index (κ2) is 4.54. The summed E-state index contributed by atoms with van der Waals surface area (Å²) in [4.78, 5) is 34.1. The zero-order valence-electron chi connectivity index (χ0n) is 5.06. The predicted octanol–water partition coefficient (Wildman–Crippen LogP) is -1.44. The summed E-state index contributed by atoms with van der Waals surface area (Å²) in [6.45, 7) is -0.146. The Kier molecular flexibility index (Phi) is 4.42. The van der Waals surface area contributed by atoms with Gasteiger partial charge in [0.2, 0.25) is 0 Å². The monoisotopic (exact) mass is 172 g/mol. The fourth-order valence-corrected chi connectivity index (χ4v) is 0.632. The number of carbonyl (C=O) groups excluding carboxylic acids is 1. The van der Waals surface area contributed by atoms with E-state index in [0.717, 1.165) is 0 Å². The first kappa shape index (κ1) is 9.74. The van der Waals surface area contributed by atoms with Gasteiger partial charge in [-0.25, -0.2) is 0 Å². The molecule has 6 nitrogen and oxygen atoms in total. The van der Waals surface area contributed by atoms with Crippen LogP contribution in [0.5, 0.6) is 0 Å². The van der Waals surface area contributed by atoms with Crippen LogP contribution in [0.3, 0.4) is 0 Å². The van der Waals surface area contributed by atoms with E-state index in [4.69, 9.17) is 14.7 Å². The Labute approximate surface area is 57.7 Å². The summed E-state index contributed by atoms with van der Waals surface area (Å²) in [5.74, 6) is 0. The van der Waals surface area contributed by atoms with E-state index in [1.807, 2.05) is 0 Å². The summed E-state index contributed by atoms with van der Waals surface area (Å²) in [6, 6.07) is 0. The standard InChI is InChI=1S/C3H9O6P/c4-3-8-1-2-9-10(5,6)7/h3,5-7,10H,1-2H2. The van der Waals surface area contributed by atoms with Crippen LogP contribution in [0.25, 0.3) is 0 Å². The van der Waals surface area contributed by atoms with E-state index in [1.54, 1.807) is 0 Å². The van der Waals surface area contributed by atoms with Crippen LogP contribution in [0.1, 0.15) is 0 Å². The number of rotatable bonds is 5. The molecule has 0 rings (SSSR count). The van der Waals surface area contributed by atoms with Crippen molar-refractivity contribution in [3.63, 3.8) is 0 Å². The Morgan fingerprint density at radius 1 is 1.30 bits per heavy atom. The SMILES string of the molecule is O=COCCO[PH](O)(O)O. The molecule has 62 valence electrons. The number of hydrogen-bond donors (Lipinski definition) is 3. The minimum atomic E-state index is -4.40. The van der Waals surface area contributed by atoms with Crippen molar-refractivity contribution in [2.45, 2.75) is 0 Å². The van der Waals surface area contributed by atoms with Crippen molar-refractivity contribution in [3.05, 3.63) is 0 Å². The van der Waals surface area contributed by atoms with Gasteiger partial charge in [0, 0.05) is 0 Å². The molecule has 0 radical (unpaired) electrons. The zero-order valence-corrected chi connectivity index (χ0v) is 6.06. The summed E-state index contributed by atoms with van der Waals surface area (Å²) in [7, 11) is -4.40. The summed E-state index contributed by atoms with van der Waals surface area (Å²) in [6.07, 6.45) is 0. The summed E-state index contributed by atoms with van der Waals surface area (Å²) in [5, 5.41) is 0. The molecule has 0 aliphatic rings. The van der Waals surface area contributed by atoms with E-state index in [2.05, 4.69) is 9.26 Å². The van der Waals surface area contributed by atoms with Gasteiger partial charge in [-0.3, -0.25) is 0 Å². The molecule has 0 aromatic heterocycles. The molecule has 0 aliphatic heterocycles. The van der Waals surface area contributed by atoms with E-state index in [-0.39, 0.29) is 19.7 Å². The Hall–Kier alpha value is -0.260. The molecular formula is C3H9O6P. The van der Waals surface area contributed by atoms with Crippen LogP contribution in [-0.4, -0.2) is 34.4 Å². The van der Waals surface area contributed by atoms with Gasteiger partial charge in [-0.1, -0.05) is 0 Å². The molecule has 0 spiro atoms. The van der Waals surface area contributed by atoms with Gasteiger partial charge in [0.05, 0.1) is 0 Å². The van der Waals surface area contributed by atoms with Crippen LogP contribution in [0.15, 0.2) is 0 Å². The van der Waals surface area contributed by atoms with Crippen molar-refractivity contribution in [3.8, 4) is 0 Å². The van der Waals surface area contributed by atoms with Crippen LogP contribution in [0.2, 0.25) is 0 Å². The van der Waals surface area contributed by atoms with Crippen LogP contribution < -0.4 is 0 Å². The Morgan fingerprint density at radius 3 is 2.30 bits per heavy atom. The number of ether oxygens (including phenoxy) is 1. The predicted molar refractivity (Wildman–Crippen MR) is 32.9 cm³/mol. The molecule has 0 saturated heterocycles. The van der Waals surface area contributed by atoms with Crippen molar-refractivity contribution in [1.82, 2.24) is 0 Å². The van der Waals surface area contributed by atoms with Crippen molar-refractivity contribution in [1.29, 1.82) is 0 Å². The van der Waals surface area contributed by atoms with E-state index in [0.29, 0.717) is 0 Å². The minimum absolute atomic E-state index is 0.111. The molecule has 0 amide bonds. The summed E-state index contributed by atoms with van der Waals surface area (Å²) < 4.78 is 8.17. The molecular weight excluding hydrogens is 163 g/mol. The van der Waals surface area contributed by atoms with E-state index < -0.39 is 8.17 Å². The maximum absolute atomic E-state index is 9.48. The molecule has 0 fully saturated rings. The van der Waals surface area contributed by atoms with Crippen LogP contribution >= 0.6 is 8.17 Å². The average molecular weight is 172 g/mol. The number of carbonyl (C=O) groups is 1. The molecule has 3 N–H and O–H groups in total. The second-order valence-electron chi connectivity index (χ2n) is 1.39. The second-order valence-corrected chi connectivity index (χ2v) is 2.83. The molecule has 10 heavy (non-hydrogen) atoms. The van der Waals surface area contributed by atoms with Crippen LogP contribution in [0, 0.1) is 0 Å². The van der Waals surface area contributed by atoms with Gasteiger partial charge in [-0.05, 0) is 0 Å². The van der Waals surface area contributed by atoms with Gasteiger partial charge in [0.1, 0.15) is 0 Å². The maximum atomic E-state index is 9.48. The first-order valence-corrected chi connectivity index (χ1v) is 4.17. The molecule has 0 heterocycles. The van der Waals surface area contributed by atoms with Gasteiger partial charge < -0.3 is 0 Å². The summed E-state index contributed by atoms with van der Waals surface area (Å²) in [5.41, 5.74) is 0. The molecule has 0 bridgehead atoms. The molecule has 0 unspecified atom stereocenters. The Bertz CT molecular complexity index is 97.7. The normalized spacial score (nSPS) is 12.7. The van der Waals surface area contributed by atoms with Crippen molar-refractivity contribution in [2.24, 2.45) is 0 Å². The Morgan fingerprint density at radius 2 is 1.90 bits per heavy atom. The van der Waals surface area contributed by atoms with Crippen LogP contribution in [-0.2, 0) is 14.1 Å². The van der Waals surface area contributed by atoms with Crippen molar-refractivity contribution in [2.75, 3.05) is 13.2 Å². The quantitative estimate of drug-likeness (QED) is 0.267. The molecule has 0 aliphatic carbocycles. The summed E-state index contributed by atoms with van der Waals surface area (Å²) >= 11 is 0. The fourth-order valence-electron chi connectivity index (χ4n) is 0.275. The molecule has 0 aromatic carbocycles. The van der Waals surface area contributed by atoms with E-state index >= 15 is 0 Å². The molecule has 0 atom stereocenters. The first-order valence-electron chi connectivity index (χ1n) is 2.42. The third-order valence-corrected chi connectivity index (χ3v) is 1.16. The van der Waals surface area contributed by atoms with Gasteiger partial charge in [-0.2, -0.15) is 0 Å². The third kappa shape index (κ3) is 7.74. The van der Waals surface area contributed by atoms with Gasteiger partial charge >= 0.3 is 56.6 Å². The topological polar surface area (TPSA) is 96.2 Å². The zero-order chi connectivity index (χ0) is 8.04. The average Bonchev–Trinajstić information content (AvgIpc) is 1.78. The Balaban J connectivity index is 3.12. The van der Waals surface area contributed by atoms with Crippen molar-refractivity contribution >= 4 is 14.6 Å². The van der Waals surface area contributed by atoms with E-state index in [1.165, 1.54) is 0 Å². The van der Waals surface area contributed by atoms with Gasteiger partial charge in [-0.15, -0.1) is 0 Å².